The molecule has 36 heavy (non-hydrogen) atoms. The summed E-state index contributed by atoms with van der Waals surface area (Å²) in [7, 11) is 0. The molecule has 0 spiro atoms. The predicted molar refractivity (Wildman–Crippen MR) is 148 cm³/mol. The van der Waals surface area contributed by atoms with Crippen molar-refractivity contribution < 1.29 is 0 Å². The molecule has 2 aromatic heterocycles. The molecule has 0 atom stereocenters. The fraction of sp³-hybridized carbons (Fsp3) is 0.0333. The van der Waals surface area contributed by atoms with Gasteiger partial charge >= 0.3 is 0 Å². The van der Waals surface area contributed by atoms with Crippen LogP contribution >= 0.6 is 15.9 Å². The maximum absolute atomic E-state index is 13.9. The van der Waals surface area contributed by atoms with Crippen LogP contribution < -0.4 is 5.56 Å². The van der Waals surface area contributed by atoms with Gasteiger partial charge < -0.3 is 0 Å². The minimum Gasteiger partial charge on any atom is -0.268 e. The summed E-state index contributed by atoms with van der Waals surface area (Å²) < 4.78 is 4.47. The van der Waals surface area contributed by atoms with Crippen molar-refractivity contribution in [3.63, 3.8) is 0 Å². The Morgan fingerprint density at radius 2 is 1.44 bits per heavy atom. The van der Waals surface area contributed by atoms with E-state index in [0.717, 1.165) is 32.8 Å². The van der Waals surface area contributed by atoms with Crippen molar-refractivity contribution in [1.82, 2.24) is 19.3 Å². The quantitative estimate of drug-likeness (QED) is 0.246. The molecule has 4 aromatic carbocycles. The van der Waals surface area contributed by atoms with E-state index in [0.29, 0.717) is 16.7 Å². The van der Waals surface area contributed by atoms with E-state index >= 15 is 0 Å². The Kier molecular flexibility index (Phi) is 5.58. The van der Waals surface area contributed by atoms with Gasteiger partial charge in [-0.2, -0.15) is 5.10 Å². The van der Waals surface area contributed by atoms with Gasteiger partial charge in [0, 0.05) is 10.0 Å². The first-order valence-electron chi connectivity index (χ1n) is 11.6. The van der Waals surface area contributed by atoms with Crippen LogP contribution in [0.15, 0.2) is 118 Å². The second-order valence-corrected chi connectivity index (χ2v) is 9.51. The highest BCUT2D eigenvalue weighted by Gasteiger charge is 2.21. The van der Waals surface area contributed by atoms with E-state index in [1.54, 1.807) is 4.57 Å². The van der Waals surface area contributed by atoms with Gasteiger partial charge in [0.2, 0.25) is 0 Å². The van der Waals surface area contributed by atoms with Gasteiger partial charge in [0.1, 0.15) is 5.69 Å². The molecule has 0 fully saturated rings. The molecular weight excluding hydrogens is 512 g/mol. The highest BCUT2D eigenvalue weighted by molar-refractivity contribution is 9.10. The summed E-state index contributed by atoms with van der Waals surface area (Å²) in [6.07, 6.45) is 0. The van der Waals surface area contributed by atoms with E-state index in [2.05, 4.69) is 47.1 Å². The third kappa shape index (κ3) is 3.95. The fourth-order valence-corrected chi connectivity index (χ4v) is 4.57. The molecule has 6 aromatic rings. The number of rotatable bonds is 4. The Hall–Kier alpha value is -4.29. The predicted octanol–water partition coefficient (Wildman–Crippen LogP) is 6.98. The largest absolute Gasteiger partial charge is 0.268 e. The van der Waals surface area contributed by atoms with E-state index in [1.807, 2.05) is 89.6 Å². The second kappa shape index (κ2) is 9.06. The summed E-state index contributed by atoms with van der Waals surface area (Å²) in [5.41, 5.74) is 5.83. The summed E-state index contributed by atoms with van der Waals surface area (Å²) in [5.74, 6) is 0.524. The molecule has 0 bridgehead atoms. The van der Waals surface area contributed by atoms with Crippen molar-refractivity contribution >= 4 is 26.8 Å². The van der Waals surface area contributed by atoms with Crippen molar-refractivity contribution in [2.75, 3.05) is 0 Å². The maximum atomic E-state index is 13.9. The molecule has 0 unspecified atom stereocenters. The lowest BCUT2D eigenvalue weighted by Gasteiger charge is -2.15. The van der Waals surface area contributed by atoms with Crippen LogP contribution in [-0.2, 0) is 0 Å². The Balaban J connectivity index is 1.69. The molecule has 0 saturated heterocycles. The first kappa shape index (κ1) is 22.2. The molecule has 0 saturated carbocycles. The molecule has 0 N–H and O–H groups in total. The van der Waals surface area contributed by atoms with E-state index in [1.165, 1.54) is 5.56 Å². The highest BCUT2D eigenvalue weighted by Crippen LogP contribution is 2.30. The highest BCUT2D eigenvalue weighted by atomic mass is 79.9. The Labute approximate surface area is 216 Å². The number of benzene rings is 4. The van der Waals surface area contributed by atoms with E-state index in [-0.39, 0.29) is 5.56 Å². The molecule has 0 radical (unpaired) electrons. The Morgan fingerprint density at radius 3 is 2.19 bits per heavy atom. The number of hydrogen-bond donors (Lipinski definition) is 0. The molecule has 6 heteroatoms. The average molecular weight is 533 g/mol. The van der Waals surface area contributed by atoms with Gasteiger partial charge in [0.05, 0.1) is 28.0 Å². The number of aromatic nitrogens is 4. The summed E-state index contributed by atoms with van der Waals surface area (Å²) >= 11 is 3.50. The van der Waals surface area contributed by atoms with E-state index in [9.17, 15) is 4.79 Å². The van der Waals surface area contributed by atoms with Crippen molar-refractivity contribution in [2.24, 2.45) is 0 Å². The van der Waals surface area contributed by atoms with Crippen LogP contribution in [0.3, 0.4) is 0 Å². The first-order chi connectivity index (χ1) is 17.6. The van der Waals surface area contributed by atoms with Gasteiger partial charge in [-0.1, -0.05) is 76.1 Å². The minimum absolute atomic E-state index is 0.129. The van der Waals surface area contributed by atoms with Gasteiger partial charge in [-0.3, -0.25) is 9.36 Å². The molecular formula is C30H21BrN4O. The van der Waals surface area contributed by atoms with E-state index < -0.39 is 0 Å². The zero-order valence-corrected chi connectivity index (χ0v) is 21.1. The normalized spacial score (nSPS) is 11.2. The molecule has 5 nitrogen and oxygen atoms in total. The molecule has 174 valence electrons. The summed E-state index contributed by atoms with van der Waals surface area (Å²) in [6, 6.07) is 35.3. The van der Waals surface area contributed by atoms with Gasteiger partial charge in [-0.25, -0.2) is 9.67 Å². The summed E-state index contributed by atoms with van der Waals surface area (Å²) in [4.78, 5) is 18.9. The SMILES string of the molecule is Cc1ccc(-c2cc(-c3nc4ccccc4c(=O)n3-c3ccc(Br)cc3)n(-c3ccccc3)n2)cc1. The third-order valence-electron chi connectivity index (χ3n) is 6.15. The molecule has 2 heterocycles. The number of hydrogen-bond acceptors (Lipinski definition) is 3. The van der Waals surface area contributed by atoms with Crippen LogP contribution in [0.1, 0.15) is 5.56 Å². The number of nitrogens with zero attached hydrogens (tertiary/aromatic N) is 4. The molecule has 0 aliphatic rings. The van der Waals surface area contributed by atoms with Crippen LogP contribution in [0.25, 0.3) is 45.1 Å². The monoisotopic (exact) mass is 532 g/mol. The van der Waals surface area contributed by atoms with Crippen molar-refractivity contribution in [1.29, 1.82) is 0 Å². The number of halogens is 1. The number of para-hydroxylation sites is 2. The smallest absolute Gasteiger partial charge is 0.266 e. The van der Waals surface area contributed by atoms with Crippen LogP contribution in [0.4, 0.5) is 0 Å². The summed E-state index contributed by atoms with van der Waals surface area (Å²) in [5, 5.41) is 5.53. The standard InChI is InChI=1S/C30H21BrN4O/c1-20-11-13-21(14-12-20)27-19-28(35(33-27)24-7-3-2-4-8-24)29-32-26-10-6-5-9-25(26)30(36)34(29)23-17-15-22(31)16-18-23/h2-19H,1H3. The lowest BCUT2D eigenvalue weighted by atomic mass is 10.1. The maximum Gasteiger partial charge on any atom is 0.266 e. The van der Waals surface area contributed by atoms with Crippen LogP contribution in [0.2, 0.25) is 0 Å². The van der Waals surface area contributed by atoms with Gasteiger partial charge in [-0.15, -0.1) is 0 Å². The lowest BCUT2D eigenvalue weighted by Crippen LogP contribution is -2.22. The molecule has 0 aliphatic heterocycles. The van der Waals surface area contributed by atoms with Crippen LogP contribution in [-0.4, -0.2) is 19.3 Å². The van der Waals surface area contributed by atoms with Crippen molar-refractivity contribution in [3.8, 4) is 34.2 Å². The molecule has 0 aliphatic carbocycles. The Bertz CT molecular complexity index is 1750. The zero-order valence-electron chi connectivity index (χ0n) is 19.5. The van der Waals surface area contributed by atoms with Crippen LogP contribution in [0.5, 0.6) is 0 Å². The fourth-order valence-electron chi connectivity index (χ4n) is 4.31. The lowest BCUT2D eigenvalue weighted by molar-refractivity contribution is 0.865. The van der Waals surface area contributed by atoms with Crippen molar-refractivity contribution in [2.45, 2.75) is 6.92 Å². The topological polar surface area (TPSA) is 52.7 Å². The van der Waals surface area contributed by atoms with Gasteiger partial charge in [0.15, 0.2) is 5.82 Å². The van der Waals surface area contributed by atoms with Gasteiger partial charge in [-0.05, 0) is 61.5 Å². The first-order valence-corrected chi connectivity index (χ1v) is 12.4. The Morgan fingerprint density at radius 1 is 0.750 bits per heavy atom. The summed E-state index contributed by atoms with van der Waals surface area (Å²) in [6.45, 7) is 2.06. The van der Waals surface area contributed by atoms with Gasteiger partial charge in [0.25, 0.3) is 5.56 Å². The van der Waals surface area contributed by atoms with Crippen molar-refractivity contribution in [3.05, 3.63) is 130 Å². The van der Waals surface area contributed by atoms with Crippen LogP contribution in [0, 0.1) is 6.92 Å². The number of fused-ring (bicyclic) bond motifs is 1. The third-order valence-corrected chi connectivity index (χ3v) is 6.68. The number of aryl methyl sites for hydroxylation is 1. The molecule has 6 rings (SSSR count). The average Bonchev–Trinajstić information content (AvgIpc) is 3.36. The zero-order chi connectivity index (χ0) is 24.6. The van der Waals surface area contributed by atoms with E-state index in [4.69, 9.17) is 10.1 Å². The molecule has 0 amide bonds. The minimum atomic E-state index is -0.129. The second-order valence-electron chi connectivity index (χ2n) is 8.60.